The zero-order valence-electron chi connectivity index (χ0n) is 26.1. The summed E-state index contributed by atoms with van der Waals surface area (Å²) in [6.45, 7) is 8.64. The molecule has 9 nitrogen and oxygen atoms in total. The van der Waals surface area contributed by atoms with Crippen LogP contribution in [-0.4, -0.2) is 49.3 Å². The lowest BCUT2D eigenvalue weighted by atomic mass is 10.0. The number of aromatic nitrogens is 4. The number of carbonyl (C=O) groups excluding carboxylic acids is 2. The minimum absolute atomic E-state index is 0.0853. The Morgan fingerprint density at radius 2 is 1.89 bits per heavy atom. The maximum Gasteiger partial charge on any atom is 0.270 e. The maximum atomic E-state index is 12.8. The Morgan fingerprint density at radius 1 is 1.04 bits per heavy atom. The molecule has 3 aromatic heterocycles. The number of benzene rings is 2. The van der Waals surface area contributed by atoms with Crippen LogP contribution in [-0.2, 0) is 24.4 Å². The number of hydrogen-bond donors (Lipinski definition) is 2. The van der Waals surface area contributed by atoms with Crippen LogP contribution in [0, 0.1) is 11.8 Å². The van der Waals surface area contributed by atoms with Crippen molar-refractivity contribution < 1.29 is 9.59 Å². The molecule has 9 heteroatoms. The molecule has 0 saturated heterocycles. The predicted octanol–water partition coefficient (Wildman–Crippen LogP) is 5.26. The van der Waals surface area contributed by atoms with Crippen molar-refractivity contribution in [1.29, 1.82) is 0 Å². The standard InChI is InChI=1S/C38H33N7O2/c1-23-29-9-3-6-25(31(29)20-40-23)8-5-15-39-38(47)33-14-13-28(19-41-33)34-18-27-7-4-10-30(32(27)21-42-34)36-35-22-44(24(2)46)16-17-45(35)37(43-36)26-11-12-26/h3-4,6-7,9-10,13-14,18-19,21,26,40H,1,11-12,15-17,20,22H2,2H3,(H,39,47). The highest BCUT2D eigenvalue weighted by Crippen LogP contribution is 2.43. The van der Waals surface area contributed by atoms with Crippen LogP contribution in [0.5, 0.6) is 0 Å². The molecule has 232 valence electrons. The number of imidazole rings is 1. The molecule has 3 aliphatic rings. The molecule has 5 aromatic rings. The van der Waals surface area contributed by atoms with Crippen molar-refractivity contribution in [3.8, 4) is 34.4 Å². The van der Waals surface area contributed by atoms with Gasteiger partial charge in [-0.1, -0.05) is 48.8 Å². The summed E-state index contributed by atoms with van der Waals surface area (Å²) in [7, 11) is 0. The van der Waals surface area contributed by atoms with Crippen LogP contribution in [0.25, 0.3) is 39.0 Å². The fourth-order valence-corrected chi connectivity index (χ4v) is 6.57. The van der Waals surface area contributed by atoms with Crippen molar-refractivity contribution in [2.75, 3.05) is 13.1 Å². The molecular weight excluding hydrogens is 586 g/mol. The lowest BCUT2D eigenvalue weighted by molar-refractivity contribution is -0.130. The van der Waals surface area contributed by atoms with Crippen molar-refractivity contribution in [3.05, 3.63) is 107 Å². The summed E-state index contributed by atoms with van der Waals surface area (Å²) in [5.74, 6) is 7.67. The number of amides is 2. The molecular formula is C38H33N7O2. The summed E-state index contributed by atoms with van der Waals surface area (Å²) >= 11 is 0. The van der Waals surface area contributed by atoms with Gasteiger partial charge >= 0.3 is 0 Å². The summed E-state index contributed by atoms with van der Waals surface area (Å²) in [4.78, 5) is 41.3. The minimum atomic E-state index is -0.285. The molecule has 0 bridgehead atoms. The molecule has 8 rings (SSSR count). The van der Waals surface area contributed by atoms with Gasteiger partial charge in [0.05, 0.1) is 30.2 Å². The summed E-state index contributed by atoms with van der Waals surface area (Å²) in [5, 5.41) is 8.13. The van der Waals surface area contributed by atoms with Crippen molar-refractivity contribution in [2.45, 2.75) is 45.3 Å². The first kappa shape index (κ1) is 28.7. The first-order valence-electron chi connectivity index (χ1n) is 16.0. The molecule has 2 amide bonds. The Bertz CT molecular complexity index is 2170. The van der Waals surface area contributed by atoms with Crippen molar-refractivity contribution >= 4 is 28.3 Å². The van der Waals surface area contributed by atoms with Crippen LogP contribution in [0.3, 0.4) is 0 Å². The van der Waals surface area contributed by atoms with Crippen LogP contribution >= 0.6 is 0 Å². The fourth-order valence-electron chi connectivity index (χ4n) is 6.57. The molecule has 2 aliphatic heterocycles. The van der Waals surface area contributed by atoms with E-state index in [0.29, 0.717) is 31.2 Å². The second kappa shape index (κ2) is 11.6. The number of rotatable bonds is 5. The second-order valence-electron chi connectivity index (χ2n) is 12.3. The number of nitrogens with one attached hydrogen (secondary N) is 2. The smallest absolute Gasteiger partial charge is 0.270 e. The SMILES string of the molecule is C=C1NCc2c(C#CCNC(=O)c3ccc(-c4cc5cccc(-c6nc(C7CC7)n7c6CN(C(C)=O)CC7)c5cn4)cn3)cccc21. The molecule has 1 saturated carbocycles. The Labute approximate surface area is 272 Å². The monoisotopic (exact) mass is 619 g/mol. The Hall–Kier alpha value is -5.75. The van der Waals surface area contributed by atoms with Gasteiger partial charge in [0.1, 0.15) is 11.5 Å². The van der Waals surface area contributed by atoms with E-state index in [2.05, 4.69) is 50.7 Å². The molecule has 0 spiro atoms. The summed E-state index contributed by atoms with van der Waals surface area (Å²) < 4.78 is 2.34. The topological polar surface area (TPSA) is 105 Å². The molecule has 0 atom stereocenters. The molecule has 0 radical (unpaired) electrons. The van der Waals surface area contributed by atoms with Crippen LogP contribution in [0.15, 0.2) is 73.6 Å². The van der Waals surface area contributed by atoms with Gasteiger partial charge in [0.15, 0.2) is 0 Å². The fraction of sp³-hybridized carbons (Fsp3) is 0.237. The van der Waals surface area contributed by atoms with Crippen LogP contribution in [0.4, 0.5) is 0 Å². The van der Waals surface area contributed by atoms with Gasteiger partial charge in [-0.25, -0.2) is 4.98 Å². The third-order valence-corrected chi connectivity index (χ3v) is 9.28. The summed E-state index contributed by atoms with van der Waals surface area (Å²) in [6.07, 6.45) is 5.90. The van der Waals surface area contributed by atoms with E-state index in [0.717, 1.165) is 73.7 Å². The molecule has 1 fully saturated rings. The first-order chi connectivity index (χ1) is 22.9. The lowest BCUT2D eigenvalue weighted by Gasteiger charge is -2.28. The lowest BCUT2D eigenvalue weighted by Crippen LogP contribution is -2.37. The molecule has 2 aromatic carbocycles. The largest absolute Gasteiger partial charge is 0.381 e. The molecule has 1 aliphatic carbocycles. The summed E-state index contributed by atoms with van der Waals surface area (Å²) in [6, 6.07) is 17.8. The van der Waals surface area contributed by atoms with E-state index in [1.165, 1.54) is 12.8 Å². The van der Waals surface area contributed by atoms with Crippen LogP contribution in [0.1, 0.15) is 64.4 Å². The first-order valence-corrected chi connectivity index (χ1v) is 16.0. The van der Waals surface area contributed by atoms with Crippen molar-refractivity contribution in [3.63, 3.8) is 0 Å². The molecule has 2 N–H and O–H groups in total. The predicted molar refractivity (Wildman–Crippen MR) is 181 cm³/mol. The minimum Gasteiger partial charge on any atom is -0.381 e. The highest BCUT2D eigenvalue weighted by molar-refractivity contribution is 5.97. The van der Waals surface area contributed by atoms with Gasteiger partial charge in [0.25, 0.3) is 5.91 Å². The average molecular weight is 620 g/mol. The summed E-state index contributed by atoms with van der Waals surface area (Å²) in [5.41, 5.74) is 9.03. The zero-order valence-corrected chi connectivity index (χ0v) is 26.1. The average Bonchev–Trinajstić information content (AvgIpc) is 3.77. The van der Waals surface area contributed by atoms with E-state index in [1.54, 1.807) is 19.2 Å². The highest BCUT2D eigenvalue weighted by atomic mass is 16.2. The van der Waals surface area contributed by atoms with Gasteiger partial charge < -0.3 is 20.1 Å². The van der Waals surface area contributed by atoms with E-state index in [-0.39, 0.29) is 18.4 Å². The van der Waals surface area contributed by atoms with E-state index < -0.39 is 0 Å². The van der Waals surface area contributed by atoms with Crippen LogP contribution in [0.2, 0.25) is 0 Å². The third kappa shape index (κ3) is 5.32. The molecule has 0 unspecified atom stereocenters. The van der Waals surface area contributed by atoms with E-state index in [1.807, 2.05) is 47.5 Å². The maximum absolute atomic E-state index is 12.8. The number of pyridine rings is 2. The Balaban J connectivity index is 1.00. The van der Waals surface area contributed by atoms with E-state index in [4.69, 9.17) is 9.97 Å². The Morgan fingerprint density at radius 3 is 2.70 bits per heavy atom. The quantitative estimate of drug-likeness (QED) is 0.260. The third-order valence-electron chi connectivity index (χ3n) is 9.28. The van der Waals surface area contributed by atoms with Crippen LogP contribution < -0.4 is 10.6 Å². The number of nitrogens with zero attached hydrogens (tertiary/aromatic N) is 5. The van der Waals surface area contributed by atoms with E-state index in [9.17, 15) is 9.59 Å². The van der Waals surface area contributed by atoms with Gasteiger partial charge in [-0.15, -0.1) is 0 Å². The second-order valence-corrected chi connectivity index (χ2v) is 12.3. The van der Waals surface area contributed by atoms with E-state index >= 15 is 0 Å². The van der Waals surface area contributed by atoms with Gasteiger partial charge in [-0.2, -0.15) is 0 Å². The van der Waals surface area contributed by atoms with Crippen molar-refractivity contribution in [1.82, 2.24) is 35.1 Å². The number of carbonyl (C=O) groups is 2. The zero-order chi connectivity index (χ0) is 32.1. The van der Waals surface area contributed by atoms with Gasteiger partial charge in [-0.05, 0) is 48.1 Å². The number of hydrogen-bond acceptors (Lipinski definition) is 6. The Kier molecular flexibility index (Phi) is 7.06. The van der Waals surface area contributed by atoms with Crippen molar-refractivity contribution in [2.24, 2.45) is 0 Å². The van der Waals surface area contributed by atoms with Gasteiger partial charge in [0.2, 0.25) is 5.91 Å². The molecule has 5 heterocycles. The number of fused-ring (bicyclic) bond motifs is 3. The van der Waals surface area contributed by atoms with Gasteiger partial charge in [0, 0.05) is 78.2 Å². The normalized spacial score (nSPS) is 15.0. The highest BCUT2D eigenvalue weighted by Gasteiger charge is 2.34. The molecule has 47 heavy (non-hydrogen) atoms. The van der Waals surface area contributed by atoms with Gasteiger partial charge in [-0.3, -0.25) is 19.6 Å².